The van der Waals surface area contributed by atoms with Crippen LogP contribution in [0.5, 0.6) is 0 Å². The topological polar surface area (TPSA) is 78.5 Å². The highest BCUT2D eigenvalue weighted by Crippen LogP contribution is 2.31. The van der Waals surface area contributed by atoms with Gasteiger partial charge in [0, 0.05) is 22.3 Å². The minimum atomic E-state index is -0.636. The molecule has 0 unspecified atom stereocenters. The Morgan fingerprint density at radius 1 is 0.935 bits per heavy atom. The van der Waals surface area contributed by atoms with Gasteiger partial charge in [-0.05, 0) is 49.2 Å². The van der Waals surface area contributed by atoms with Crippen LogP contribution in [-0.2, 0) is 9.59 Å². The first-order valence-corrected chi connectivity index (χ1v) is 10.9. The molecule has 6 nitrogen and oxygen atoms in total. The van der Waals surface area contributed by atoms with Gasteiger partial charge in [0.2, 0.25) is 0 Å². The first-order chi connectivity index (χ1) is 14.9. The van der Waals surface area contributed by atoms with Crippen molar-refractivity contribution in [3.05, 3.63) is 69.8 Å². The quantitative estimate of drug-likeness (QED) is 0.629. The number of carbonyl (C=O) groups is 3. The van der Waals surface area contributed by atoms with Gasteiger partial charge in [-0.1, -0.05) is 54.6 Å². The molecule has 1 heterocycles. The molecule has 0 atom stereocenters. The van der Waals surface area contributed by atoms with Gasteiger partial charge in [-0.15, -0.1) is 0 Å². The number of hydrogen-bond acceptors (Lipinski definition) is 4. The van der Waals surface area contributed by atoms with E-state index in [2.05, 4.69) is 10.6 Å². The highest BCUT2D eigenvalue weighted by molar-refractivity contribution is 6.53. The summed E-state index contributed by atoms with van der Waals surface area (Å²) in [6, 6.07) is 13.4. The summed E-state index contributed by atoms with van der Waals surface area (Å²) < 4.78 is 0. The Labute approximate surface area is 190 Å². The van der Waals surface area contributed by atoms with E-state index in [0.717, 1.165) is 30.6 Å². The molecular weight excluding hydrogens is 437 g/mol. The van der Waals surface area contributed by atoms with Crippen molar-refractivity contribution < 1.29 is 14.4 Å². The highest BCUT2D eigenvalue weighted by atomic mass is 35.5. The van der Waals surface area contributed by atoms with Gasteiger partial charge in [-0.3, -0.25) is 14.4 Å². The van der Waals surface area contributed by atoms with Crippen LogP contribution in [0, 0.1) is 0 Å². The van der Waals surface area contributed by atoms with Crippen LogP contribution in [0.25, 0.3) is 0 Å². The minimum absolute atomic E-state index is 0.0449. The van der Waals surface area contributed by atoms with Gasteiger partial charge >= 0.3 is 0 Å². The summed E-state index contributed by atoms with van der Waals surface area (Å²) in [5.41, 5.74) is 1.24. The van der Waals surface area contributed by atoms with Crippen LogP contribution in [0.15, 0.2) is 59.3 Å². The third-order valence-corrected chi connectivity index (χ3v) is 6.01. The molecule has 1 saturated carbocycles. The van der Waals surface area contributed by atoms with E-state index in [1.54, 1.807) is 42.5 Å². The number of amides is 3. The normalized spacial score (nSPS) is 17.3. The molecule has 2 aliphatic rings. The second-order valence-electron chi connectivity index (χ2n) is 7.63. The maximum absolute atomic E-state index is 12.9. The molecule has 3 amide bonds. The summed E-state index contributed by atoms with van der Waals surface area (Å²) in [5, 5.41) is 6.15. The number of nitrogens with zero attached hydrogens (tertiary/aromatic N) is 1. The van der Waals surface area contributed by atoms with Crippen molar-refractivity contribution in [2.75, 3.05) is 10.2 Å². The molecule has 0 bridgehead atoms. The molecule has 2 aromatic rings. The van der Waals surface area contributed by atoms with E-state index in [9.17, 15) is 14.4 Å². The number of hydrogen-bond donors (Lipinski definition) is 2. The molecule has 8 heteroatoms. The standard InChI is InChI=1S/C23H21Cl2N3O3/c24-15-7-5-11-18(13-15)28-22(30)19(25)20(23(28)31)26-17-10-4-6-14(12-17)21(29)27-16-8-2-1-3-9-16/h4-7,10-13,16,26H,1-3,8-9H2,(H,27,29). The summed E-state index contributed by atoms with van der Waals surface area (Å²) in [6.45, 7) is 0. The fraction of sp³-hybridized carbons (Fsp3) is 0.261. The van der Waals surface area contributed by atoms with Crippen LogP contribution in [0.3, 0.4) is 0 Å². The van der Waals surface area contributed by atoms with Crippen molar-refractivity contribution >= 4 is 52.3 Å². The van der Waals surface area contributed by atoms with E-state index >= 15 is 0 Å². The van der Waals surface area contributed by atoms with Crippen LogP contribution in [0.2, 0.25) is 5.02 Å². The molecule has 1 fully saturated rings. The molecule has 2 N–H and O–H groups in total. The van der Waals surface area contributed by atoms with Crippen molar-refractivity contribution in [1.82, 2.24) is 5.32 Å². The number of imide groups is 1. The number of anilines is 2. The lowest BCUT2D eigenvalue weighted by molar-refractivity contribution is -0.120. The van der Waals surface area contributed by atoms with Crippen molar-refractivity contribution in [1.29, 1.82) is 0 Å². The van der Waals surface area contributed by atoms with Gasteiger partial charge < -0.3 is 10.6 Å². The zero-order valence-electron chi connectivity index (χ0n) is 16.7. The van der Waals surface area contributed by atoms with Gasteiger partial charge in [0.05, 0.1) is 5.69 Å². The molecule has 1 aliphatic carbocycles. The van der Waals surface area contributed by atoms with Gasteiger partial charge in [0.25, 0.3) is 17.7 Å². The van der Waals surface area contributed by atoms with Crippen LogP contribution in [0.4, 0.5) is 11.4 Å². The monoisotopic (exact) mass is 457 g/mol. The first kappa shape index (κ1) is 21.4. The van der Waals surface area contributed by atoms with Gasteiger partial charge in [-0.2, -0.15) is 0 Å². The Balaban J connectivity index is 1.51. The van der Waals surface area contributed by atoms with Crippen molar-refractivity contribution in [2.45, 2.75) is 38.1 Å². The fourth-order valence-corrected chi connectivity index (χ4v) is 4.26. The number of carbonyl (C=O) groups excluding carboxylic acids is 3. The number of nitrogens with one attached hydrogen (secondary N) is 2. The van der Waals surface area contributed by atoms with E-state index in [1.165, 1.54) is 12.5 Å². The molecule has 4 rings (SSSR count). The summed E-state index contributed by atoms with van der Waals surface area (Å²) in [5.74, 6) is -1.39. The molecule has 2 aromatic carbocycles. The predicted molar refractivity (Wildman–Crippen MR) is 121 cm³/mol. The third kappa shape index (κ3) is 4.60. The maximum Gasteiger partial charge on any atom is 0.283 e. The van der Waals surface area contributed by atoms with E-state index < -0.39 is 11.8 Å². The lowest BCUT2D eigenvalue weighted by Gasteiger charge is -2.22. The molecule has 0 radical (unpaired) electrons. The Morgan fingerprint density at radius 3 is 2.42 bits per heavy atom. The Hall–Kier alpha value is -2.83. The first-order valence-electron chi connectivity index (χ1n) is 10.2. The predicted octanol–water partition coefficient (Wildman–Crippen LogP) is 4.84. The number of rotatable bonds is 5. The average Bonchev–Trinajstić information content (AvgIpc) is 2.98. The zero-order chi connectivity index (χ0) is 22.0. The average molecular weight is 458 g/mol. The third-order valence-electron chi connectivity index (χ3n) is 5.43. The van der Waals surface area contributed by atoms with Gasteiger partial charge in [0.1, 0.15) is 10.7 Å². The van der Waals surface area contributed by atoms with E-state index in [1.807, 2.05) is 0 Å². The van der Waals surface area contributed by atoms with Crippen molar-refractivity contribution in [3.63, 3.8) is 0 Å². The molecule has 31 heavy (non-hydrogen) atoms. The van der Waals surface area contributed by atoms with Crippen LogP contribution < -0.4 is 15.5 Å². The van der Waals surface area contributed by atoms with Gasteiger partial charge in [0.15, 0.2) is 0 Å². The van der Waals surface area contributed by atoms with Crippen molar-refractivity contribution in [3.8, 4) is 0 Å². The van der Waals surface area contributed by atoms with E-state index in [4.69, 9.17) is 23.2 Å². The lowest BCUT2D eigenvalue weighted by Crippen LogP contribution is -2.36. The molecule has 0 aromatic heterocycles. The highest BCUT2D eigenvalue weighted by Gasteiger charge is 2.39. The van der Waals surface area contributed by atoms with Gasteiger partial charge in [-0.25, -0.2) is 4.90 Å². The Kier molecular flexibility index (Phi) is 6.30. The number of benzene rings is 2. The van der Waals surface area contributed by atoms with E-state index in [-0.39, 0.29) is 22.7 Å². The Bertz CT molecular complexity index is 1080. The van der Waals surface area contributed by atoms with Crippen LogP contribution in [0.1, 0.15) is 42.5 Å². The van der Waals surface area contributed by atoms with Crippen molar-refractivity contribution in [2.24, 2.45) is 0 Å². The Morgan fingerprint density at radius 2 is 1.68 bits per heavy atom. The second-order valence-corrected chi connectivity index (χ2v) is 8.44. The summed E-state index contributed by atoms with van der Waals surface area (Å²) in [6.07, 6.45) is 5.43. The van der Waals surface area contributed by atoms with Crippen LogP contribution in [-0.4, -0.2) is 23.8 Å². The maximum atomic E-state index is 12.9. The zero-order valence-corrected chi connectivity index (χ0v) is 18.2. The smallest absolute Gasteiger partial charge is 0.283 e. The molecule has 0 spiro atoms. The summed E-state index contributed by atoms with van der Waals surface area (Å²) >= 11 is 12.2. The lowest BCUT2D eigenvalue weighted by atomic mass is 9.95. The molecular formula is C23H21Cl2N3O3. The molecule has 0 saturated heterocycles. The largest absolute Gasteiger partial charge is 0.350 e. The molecule has 1 aliphatic heterocycles. The van der Waals surface area contributed by atoms with E-state index in [0.29, 0.717) is 22.0 Å². The summed E-state index contributed by atoms with van der Waals surface area (Å²) in [7, 11) is 0. The fourth-order valence-electron chi connectivity index (χ4n) is 3.86. The SMILES string of the molecule is O=C(NC1CCCCC1)c1cccc(NC2=C(Cl)C(=O)N(c3cccc(Cl)c3)C2=O)c1. The van der Waals surface area contributed by atoms with Crippen LogP contribution >= 0.6 is 23.2 Å². The molecule has 160 valence electrons. The number of halogens is 2. The second kappa shape index (κ2) is 9.12. The minimum Gasteiger partial charge on any atom is -0.350 e. The summed E-state index contributed by atoms with van der Waals surface area (Å²) in [4.78, 5) is 39.1.